The summed E-state index contributed by atoms with van der Waals surface area (Å²) in [4.78, 5) is 26.6. The SMILES string of the molecule is Cc1cccc(C)c1NC(=O)C(NC(=S)Nc1ccc(OCCN(C)C)cc1[N+](=O)[O-])c1ccccc1.Cl. The fraction of sp³-hybridized carbons (Fsp3) is 0.259. The van der Waals surface area contributed by atoms with Crippen molar-refractivity contribution in [3.05, 3.63) is 93.5 Å². The Morgan fingerprint density at radius 3 is 2.29 bits per heavy atom. The Morgan fingerprint density at radius 1 is 1.03 bits per heavy atom. The molecule has 202 valence electrons. The summed E-state index contributed by atoms with van der Waals surface area (Å²) in [7, 11) is 3.83. The molecule has 0 heterocycles. The van der Waals surface area contributed by atoms with Gasteiger partial charge in [0.25, 0.3) is 11.6 Å². The van der Waals surface area contributed by atoms with E-state index in [0.717, 1.165) is 16.8 Å². The molecule has 0 fully saturated rings. The van der Waals surface area contributed by atoms with Crippen molar-refractivity contribution in [2.24, 2.45) is 0 Å². The number of para-hydroxylation sites is 1. The van der Waals surface area contributed by atoms with Gasteiger partial charge in [0, 0.05) is 12.2 Å². The third-order valence-corrected chi connectivity index (χ3v) is 5.84. The average molecular weight is 558 g/mol. The maximum Gasteiger partial charge on any atom is 0.296 e. The van der Waals surface area contributed by atoms with Crippen LogP contribution in [0.15, 0.2) is 66.7 Å². The second-order valence-electron chi connectivity index (χ2n) is 8.79. The second-order valence-corrected chi connectivity index (χ2v) is 9.19. The highest BCUT2D eigenvalue weighted by Gasteiger charge is 2.24. The number of carbonyl (C=O) groups is 1. The van der Waals surface area contributed by atoms with Crippen molar-refractivity contribution in [3.63, 3.8) is 0 Å². The van der Waals surface area contributed by atoms with Gasteiger partial charge in [0.05, 0.1) is 11.0 Å². The lowest BCUT2D eigenvalue weighted by Crippen LogP contribution is -2.39. The van der Waals surface area contributed by atoms with E-state index in [9.17, 15) is 14.9 Å². The summed E-state index contributed by atoms with van der Waals surface area (Å²) >= 11 is 5.46. The van der Waals surface area contributed by atoms with Crippen LogP contribution >= 0.6 is 24.6 Å². The molecule has 3 rings (SSSR count). The lowest BCUT2D eigenvalue weighted by molar-refractivity contribution is -0.384. The number of nitro benzene ring substituents is 1. The number of carbonyl (C=O) groups excluding carboxylic acids is 1. The topological polar surface area (TPSA) is 109 Å². The number of aryl methyl sites for hydroxylation is 2. The molecule has 0 aliphatic rings. The number of rotatable bonds is 10. The van der Waals surface area contributed by atoms with Crippen molar-refractivity contribution >= 4 is 52.7 Å². The Hall–Kier alpha value is -3.73. The first-order valence-electron chi connectivity index (χ1n) is 11.7. The number of ether oxygens (including phenoxy) is 1. The van der Waals surface area contributed by atoms with Crippen LogP contribution in [0.5, 0.6) is 5.75 Å². The number of thiocarbonyl (C=S) groups is 1. The quantitative estimate of drug-likeness (QED) is 0.176. The van der Waals surface area contributed by atoms with E-state index in [1.807, 2.05) is 81.4 Å². The van der Waals surface area contributed by atoms with Gasteiger partial charge in [0.1, 0.15) is 24.1 Å². The largest absolute Gasteiger partial charge is 0.492 e. The summed E-state index contributed by atoms with van der Waals surface area (Å²) in [6, 6.07) is 18.6. The molecule has 0 saturated carbocycles. The lowest BCUT2D eigenvalue weighted by Gasteiger charge is -2.22. The van der Waals surface area contributed by atoms with Crippen LogP contribution in [0.4, 0.5) is 17.1 Å². The van der Waals surface area contributed by atoms with E-state index < -0.39 is 11.0 Å². The van der Waals surface area contributed by atoms with Gasteiger partial charge in [-0.3, -0.25) is 14.9 Å². The van der Waals surface area contributed by atoms with E-state index >= 15 is 0 Å². The first-order chi connectivity index (χ1) is 17.7. The highest BCUT2D eigenvalue weighted by atomic mass is 35.5. The Morgan fingerprint density at radius 2 is 1.68 bits per heavy atom. The highest BCUT2D eigenvalue weighted by molar-refractivity contribution is 7.80. The monoisotopic (exact) mass is 557 g/mol. The number of hydrogen-bond donors (Lipinski definition) is 3. The second kappa shape index (κ2) is 14.3. The van der Waals surface area contributed by atoms with Crippen molar-refractivity contribution in [2.45, 2.75) is 19.9 Å². The van der Waals surface area contributed by atoms with E-state index in [1.54, 1.807) is 6.07 Å². The van der Waals surface area contributed by atoms with Gasteiger partial charge in [-0.05, 0) is 69.0 Å². The van der Waals surface area contributed by atoms with E-state index in [2.05, 4.69) is 16.0 Å². The smallest absolute Gasteiger partial charge is 0.296 e. The zero-order chi connectivity index (χ0) is 26.9. The molecule has 3 N–H and O–H groups in total. The van der Waals surface area contributed by atoms with E-state index in [0.29, 0.717) is 24.5 Å². The van der Waals surface area contributed by atoms with Crippen molar-refractivity contribution in [2.75, 3.05) is 37.9 Å². The van der Waals surface area contributed by atoms with Crippen LogP contribution in [-0.2, 0) is 4.79 Å². The molecule has 3 aromatic rings. The summed E-state index contributed by atoms with van der Waals surface area (Å²) in [6.07, 6.45) is 0. The Kier molecular flexibility index (Phi) is 11.5. The number of anilines is 2. The van der Waals surface area contributed by atoms with E-state index in [1.165, 1.54) is 12.1 Å². The van der Waals surface area contributed by atoms with Crippen molar-refractivity contribution < 1.29 is 14.5 Å². The van der Waals surface area contributed by atoms with Crippen molar-refractivity contribution in [1.29, 1.82) is 0 Å². The number of amides is 1. The van der Waals surface area contributed by atoms with Gasteiger partial charge < -0.3 is 25.6 Å². The number of nitrogens with one attached hydrogen (secondary N) is 3. The van der Waals surface area contributed by atoms with Gasteiger partial charge >= 0.3 is 0 Å². The molecule has 9 nitrogen and oxygen atoms in total. The maximum atomic E-state index is 13.4. The molecular formula is C27H32ClN5O4S. The summed E-state index contributed by atoms with van der Waals surface area (Å²) in [5, 5.41) is 20.7. The molecule has 0 aliphatic carbocycles. The van der Waals surface area contributed by atoms with Crippen LogP contribution in [0, 0.1) is 24.0 Å². The number of halogens is 1. The molecule has 1 atom stereocenters. The van der Waals surface area contributed by atoms with Gasteiger partial charge in [-0.2, -0.15) is 0 Å². The Balaban J connectivity index is 0.00000507. The minimum Gasteiger partial charge on any atom is -0.492 e. The molecule has 3 aromatic carbocycles. The molecular weight excluding hydrogens is 526 g/mol. The standard InChI is InChI=1S/C27H31N5O4S.ClH/c1-18-9-8-10-19(2)24(18)29-26(33)25(20-11-6-5-7-12-20)30-27(37)28-22-14-13-21(17-23(22)32(34)35)36-16-15-31(3)4;/h5-14,17,25H,15-16H2,1-4H3,(H,29,33)(H2,28,30,37);1H. The Labute approximate surface area is 234 Å². The minimum atomic E-state index is -0.840. The van der Waals surface area contributed by atoms with Crippen molar-refractivity contribution in [1.82, 2.24) is 10.2 Å². The summed E-state index contributed by atoms with van der Waals surface area (Å²) < 4.78 is 5.62. The fourth-order valence-electron chi connectivity index (χ4n) is 3.65. The predicted molar refractivity (Wildman–Crippen MR) is 157 cm³/mol. The van der Waals surface area contributed by atoms with Gasteiger partial charge in [0.15, 0.2) is 5.11 Å². The number of hydrogen-bond acceptors (Lipinski definition) is 6. The van der Waals surface area contributed by atoms with E-state index in [4.69, 9.17) is 17.0 Å². The zero-order valence-electron chi connectivity index (χ0n) is 21.7. The van der Waals surface area contributed by atoms with Gasteiger partial charge in [0.2, 0.25) is 0 Å². The number of benzene rings is 3. The molecule has 38 heavy (non-hydrogen) atoms. The van der Waals surface area contributed by atoms with Crippen LogP contribution < -0.4 is 20.7 Å². The number of nitrogens with zero attached hydrogens (tertiary/aromatic N) is 2. The van der Waals surface area contributed by atoms with Gasteiger partial charge in [-0.15, -0.1) is 12.4 Å². The fourth-order valence-corrected chi connectivity index (χ4v) is 3.87. The Bertz CT molecular complexity index is 1250. The van der Waals surface area contributed by atoms with Gasteiger partial charge in [-0.25, -0.2) is 0 Å². The van der Waals surface area contributed by atoms with E-state index in [-0.39, 0.29) is 34.8 Å². The first-order valence-corrected chi connectivity index (χ1v) is 12.1. The summed E-state index contributed by atoms with van der Waals surface area (Å²) in [6.45, 7) is 4.91. The molecule has 0 saturated heterocycles. The van der Waals surface area contributed by atoms with Crippen LogP contribution in [-0.4, -0.2) is 48.1 Å². The minimum absolute atomic E-state index is 0. The van der Waals surface area contributed by atoms with Crippen LogP contribution in [0.1, 0.15) is 22.7 Å². The van der Waals surface area contributed by atoms with Crippen LogP contribution in [0.25, 0.3) is 0 Å². The molecule has 1 unspecified atom stereocenters. The highest BCUT2D eigenvalue weighted by Crippen LogP contribution is 2.29. The third kappa shape index (κ3) is 8.41. The first kappa shape index (κ1) is 30.5. The number of nitro groups is 1. The summed E-state index contributed by atoms with van der Waals surface area (Å²) in [5.74, 6) is 0.0695. The van der Waals surface area contributed by atoms with Crippen molar-refractivity contribution in [3.8, 4) is 5.75 Å². The third-order valence-electron chi connectivity index (χ3n) is 5.62. The molecule has 0 radical (unpaired) electrons. The molecule has 0 spiro atoms. The maximum absolute atomic E-state index is 13.4. The van der Waals surface area contributed by atoms with Gasteiger partial charge in [-0.1, -0.05) is 48.5 Å². The van der Waals surface area contributed by atoms with Crippen LogP contribution in [0.2, 0.25) is 0 Å². The molecule has 0 aromatic heterocycles. The lowest BCUT2D eigenvalue weighted by atomic mass is 10.0. The molecule has 1 amide bonds. The summed E-state index contributed by atoms with van der Waals surface area (Å²) in [5.41, 5.74) is 3.28. The number of likely N-dealkylation sites (N-methyl/N-ethyl adjacent to an activating group) is 1. The predicted octanol–water partition coefficient (Wildman–Crippen LogP) is 5.24. The molecule has 0 bridgehead atoms. The van der Waals surface area contributed by atoms with Crippen LogP contribution in [0.3, 0.4) is 0 Å². The molecule has 0 aliphatic heterocycles. The normalized spacial score (nSPS) is 11.2. The molecule has 11 heteroatoms. The zero-order valence-corrected chi connectivity index (χ0v) is 23.3. The average Bonchev–Trinajstić information content (AvgIpc) is 2.85.